The first-order valence-electron chi connectivity index (χ1n) is 6.14. The maximum Gasteiger partial charge on any atom is 0.241 e. The molecule has 0 bridgehead atoms. The molecule has 0 aliphatic carbocycles. The lowest BCUT2D eigenvalue weighted by atomic mass is 10.1. The van der Waals surface area contributed by atoms with Crippen molar-refractivity contribution >= 4 is 33.2 Å². The Morgan fingerprint density at radius 1 is 1.20 bits per heavy atom. The highest BCUT2D eigenvalue weighted by atomic mass is 35.5. The zero-order chi connectivity index (χ0) is 15.4. The maximum absolute atomic E-state index is 12.1. The van der Waals surface area contributed by atoms with E-state index in [9.17, 15) is 13.2 Å². The summed E-state index contributed by atoms with van der Waals surface area (Å²) in [6.07, 6.45) is 0.215. The Balaban J connectivity index is 2.83. The van der Waals surface area contributed by atoms with Crippen molar-refractivity contribution < 1.29 is 13.2 Å². The number of anilines is 1. The molecule has 0 aliphatic rings. The summed E-state index contributed by atoms with van der Waals surface area (Å²) in [7, 11) is -3.56. The largest absolute Gasteiger partial charge is 0.326 e. The molecule has 0 spiro atoms. The van der Waals surface area contributed by atoms with Crippen molar-refractivity contribution in [2.24, 2.45) is 0 Å². The van der Waals surface area contributed by atoms with Gasteiger partial charge < -0.3 is 5.32 Å². The monoisotopic (exact) mass is 318 g/mol. The van der Waals surface area contributed by atoms with Crippen LogP contribution >= 0.6 is 11.6 Å². The molecule has 0 fully saturated rings. The molecule has 0 aliphatic heterocycles. The molecular weight excluding hydrogens is 300 g/mol. The highest BCUT2D eigenvalue weighted by molar-refractivity contribution is 7.89. The van der Waals surface area contributed by atoms with E-state index in [1.165, 1.54) is 12.1 Å². The number of rotatable bonds is 5. The fourth-order valence-electron chi connectivity index (χ4n) is 1.49. The molecule has 1 aromatic rings. The zero-order valence-electron chi connectivity index (χ0n) is 11.7. The maximum atomic E-state index is 12.1. The number of carbonyl (C=O) groups excluding carboxylic acids is 1. The highest BCUT2D eigenvalue weighted by Gasteiger charge is 2.21. The molecule has 1 amide bonds. The molecule has 1 rings (SSSR count). The molecule has 0 radical (unpaired) electrons. The van der Waals surface area contributed by atoms with Crippen molar-refractivity contribution in [1.29, 1.82) is 0 Å². The van der Waals surface area contributed by atoms with Gasteiger partial charge in [0.25, 0.3) is 0 Å². The Morgan fingerprint density at radius 2 is 1.75 bits per heavy atom. The van der Waals surface area contributed by atoms with Gasteiger partial charge in [0.2, 0.25) is 15.9 Å². The van der Waals surface area contributed by atoms with E-state index in [-0.39, 0.29) is 23.1 Å². The molecule has 7 heteroatoms. The van der Waals surface area contributed by atoms with Crippen molar-refractivity contribution in [2.45, 2.75) is 37.6 Å². The summed E-state index contributed by atoms with van der Waals surface area (Å²) in [5.74, 6) is 0.0387. The summed E-state index contributed by atoms with van der Waals surface area (Å²) in [5.41, 5.74) is -0.0127. The first-order chi connectivity index (χ1) is 9.14. The minimum atomic E-state index is -3.56. The van der Waals surface area contributed by atoms with Crippen LogP contribution in [0.1, 0.15) is 27.2 Å². The number of carbonyl (C=O) groups is 1. The van der Waals surface area contributed by atoms with Crippen molar-refractivity contribution in [3.63, 3.8) is 0 Å². The van der Waals surface area contributed by atoms with Crippen LogP contribution in [0.5, 0.6) is 0 Å². The van der Waals surface area contributed by atoms with Gasteiger partial charge in [-0.3, -0.25) is 4.79 Å². The van der Waals surface area contributed by atoms with Crippen LogP contribution < -0.4 is 10.0 Å². The Bertz CT molecular complexity index is 562. The SMILES string of the molecule is CC(C)(C)NS(=O)(=O)c1ccc(NC(=O)CCCl)cc1. The summed E-state index contributed by atoms with van der Waals surface area (Å²) in [6.45, 7) is 5.31. The van der Waals surface area contributed by atoms with Gasteiger partial charge in [-0.2, -0.15) is 0 Å². The Hall–Kier alpha value is -1.11. The number of halogens is 1. The first kappa shape index (κ1) is 16.9. The Morgan fingerprint density at radius 3 is 2.20 bits per heavy atom. The molecule has 2 N–H and O–H groups in total. The smallest absolute Gasteiger partial charge is 0.241 e. The van der Waals surface area contributed by atoms with Crippen molar-refractivity contribution in [2.75, 3.05) is 11.2 Å². The van der Waals surface area contributed by atoms with Crippen LogP contribution in [0, 0.1) is 0 Å². The third-order valence-electron chi connectivity index (χ3n) is 2.21. The molecular formula is C13H19ClN2O3S. The number of amides is 1. The third-order valence-corrected chi connectivity index (χ3v) is 4.17. The van der Waals surface area contributed by atoms with Gasteiger partial charge in [-0.25, -0.2) is 13.1 Å². The zero-order valence-corrected chi connectivity index (χ0v) is 13.3. The van der Waals surface area contributed by atoms with Crippen LogP contribution in [0.4, 0.5) is 5.69 Å². The topological polar surface area (TPSA) is 75.3 Å². The standard InChI is InChI=1S/C13H19ClN2O3S/c1-13(2,3)16-20(18,19)11-6-4-10(5-7-11)15-12(17)8-9-14/h4-7,16H,8-9H2,1-3H3,(H,15,17). The number of alkyl halides is 1. The van der Waals surface area contributed by atoms with E-state index >= 15 is 0 Å². The van der Waals surface area contributed by atoms with Gasteiger partial charge in [-0.15, -0.1) is 11.6 Å². The minimum Gasteiger partial charge on any atom is -0.326 e. The number of benzene rings is 1. The fraction of sp³-hybridized carbons (Fsp3) is 0.462. The van der Waals surface area contributed by atoms with Gasteiger partial charge in [0.05, 0.1) is 4.90 Å². The van der Waals surface area contributed by atoms with Crippen LogP contribution in [-0.4, -0.2) is 25.7 Å². The number of hydrogen-bond acceptors (Lipinski definition) is 3. The predicted octanol–water partition coefficient (Wildman–Crippen LogP) is 2.33. The summed E-state index contributed by atoms with van der Waals surface area (Å²) < 4.78 is 26.7. The van der Waals surface area contributed by atoms with E-state index < -0.39 is 15.6 Å². The fourth-order valence-corrected chi connectivity index (χ4v) is 3.08. The van der Waals surface area contributed by atoms with Crippen molar-refractivity contribution in [3.05, 3.63) is 24.3 Å². The number of nitrogens with one attached hydrogen (secondary N) is 2. The molecule has 20 heavy (non-hydrogen) atoms. The summed E-state index contributed by atoms with van der Waals surface area (Å²) >= 11 is 5.46. The van der Waals surface area contributed by atoms with Crippen LogP contribution in [0.15, 0.2) is 29.2 Å². The lowest BCUT2D eigenvalue weighted by molar-refractivity contribution is -0.115. The second-order valence-corrected chi connectivity index (χ2v) is 7.43. The quantitative estimate of drug-likeness (QED) is 0.818. The molecule has 0 unspecified atom stereocenters. The lowest BCUT2D eigenvalue weighted by Gasteiger charge is -2.20. The second kappa shape index (κ2) is 6.56. The van der Waals surface area contributed by atoms with Crippen LogP contribution in [0.25, 0.3) is 0 Å². The predicted molar refractivity (Wildman–Crippen MR) is 80.5 cm³/mol. The third kappa shape index (κ3) is 5.48. The second-order valence-electron chi connectivity index (χ2n) is 5.37. The van der Waals surface area contributed by atoms with E-state index in [0.717, 1.165) is 0 Å². The van der Waals surface area contributed by atoms with Gasteiger partial charge in [0.1, 0.15) is 0 Å². The van der Waals surface area contributed by atoms with Gasteiger partial charge in [0.15, 0.2) is 0 Å². The molecule has 1 aromatic carbocycles. The molecule has 0 atom stereocenters. The van der Waals surface area contributed by atoms with Gasteiger partial charge in [-0.05, 0) is 45.0 Å². The van der Waals surface area contributed by atoms with E-state index in [2.05, 4.69) is 10.0 Å². The first-order valence-corrected chi connectivity index (χ1v) is 8.16. The van der Waals surface area contributed by atoms with Gasteiger partial charge in [0, 0.05) is 23.5 Å². The average molecular weight is 319 g/mol. The normalized spacial score (nSPS) is 12.2. The van der Waals surface area contributed by atoms with Gasteiger partial charge >= 0.3 is 0 Å². The van der Waals surface area contributed by atoms with Gasteiger partial charge in [-0.1, -0.05) is 0 Å². The molecule has 0 saturated heterocycles. The van der Waals surface area contributed by atoms with Crippen LogP contribution in [0.2, 0.25) is 0 Å². The molecule has 0 heterocycles. The average Bonchev–Trinajstić information content (AvgIpc) is 2.26. The minimum absolute atomic E-state index is 0.155. The molecule has 0 aromatic heterocycles. The van der Waals surface area contributed by atoms with Crippen LogP contribution in [-0.2, 0) is 14.8 Å². The summed E-state index contributed by atoms with van der Waals surface area (Å²) in [5, 5.41) is 2.63. The van der Waals surface area contributed by atoms with Crippen LogP contribution in [0.3, 0.4) is 0 Å². The number of sulfonamides is 1. The Labute approximate surface area is 124 Å². The van der Waals surface area contributed by atoms with Crippen molar-refractivity contribution in [3.8, 4) is 0 Å². The van der Waals surface area contributed by atoms with E-state index in [0.29, 0.717) is 5.69 Å². The van der Waals surface area contributed by atoms with E-state index in [1.807, 2.05) is 0 Å². The number of hydrogen-bond donors (Lipinski definition) is 2. The summed E-state index contributed by atoms with van der Waals surface area (Å²) in [4.78, 5) is 11.5. The molecule has 0 saturated carbocycles. The summed E-state index contributed by atoms with van der Waals surface area (Å²) in [6, 6.07) is 5.99. The molecule has 112 valence electrons. The Kier molecular flexibility index (Phi) is 5.56. The van der Waals surface area contributed by atoms with E-state index in [4.69, 9.17) is 11.6 Å². The van der Waals surface area contributed by atoms with E-state index in [1.54, 1.807) is 32.9 Å². The molecule has 5 nitrogen and oxygen atoms in total. The highest BCUT2D eigenvalue weighted by Crippen LogP contribution is 2.16. The van der Waals surface area contributed by atoms with Crippen molar-refractivity contribution in [1.82, 2.24) is 4.72 Å². The lowest BCUT2D eigenvalue weighted by Crippen LogP contribution is -2.40.